The molecule has 1 nitrogen and oxygen atoms in total. The third kappa shape index (κ3) is 6.96. The van der Waals surface area contributed by atoms with E-state index < -0.39 is 0 Å². The first kappa shape index (κ1) is 25.0. The fourth-order valence-electron chi connectivity index (χ4n) is 4.39. The van der Waals surface area contributed by atoms with Crippen molar-refractivity contribution in [1.82, 2.24) is 0 Å². The molecule has 0 fully saturated rings. The molecule has 0 atom stereocenters. The predicted octanol–water partition coefficient (Wildman–Crippen LogP) is 10.8. The van der Waals surface area contributed by atoms with Crippen molar-refractivity contribution in [2.75, 3.05) is 6.61 Å². The van der Waals surface area contributed by atoms with Crippen LogP contribution in [0.2, 0.25) is 0 Å². The van der Waals surface area contributed by atoms with Gasteiger partial charge in [0.2, 0.25) is 0 Å². The van der Waals surface area contributed by atoms with Crippen LogP contribution in [0.4, 0.5) is 0 Å². The number of benzene rings is 2. The molecule has 0 unspecified atom stereocenters. The minimum absolute atomic E-state index is 0.821. The molecule has 3 heteroatoms. The summed E-state index contributed by atoms with van der Waals surface area (Å²) in [7, 11) is 0. The molecule has 2 aromatic carbocycles. The molecule has 0 aliphatic heterocycles. The first-order chi connectivity index (χ1) is 16.8. The Morgan fingerprint density at radius 1 is 0.588 bits per heavy atom. The average Bonchev–Trinajstić information content (AvgIpc) is 3.43. The molecule has 4 aromatic rings. The fraction of sp³-hybridized carbons (Fsp3) is 0.419. The largest absolute Gasteiger partial charge is 0.494 e. The van der Waals surface area contributed by atoms with Crippen molar-refractivity contribution in [2.24, 2.45) is 0 Å². The molecule has 2 heterocycles. The molecule has 2 aromatic heterocycles. The second kappa shape index (κ2) is 13.1. The molecule has 0 saturated carbocycles. The zero-order valence-electron chi connectivity index (χ0n) is 20.8. The third-order valence-electron chi connectivity index (χ3n) is 6.38. The van der Waals surface area contributed by atoms with Gasteiger partial charge in [0.1, 0.15) is 5.75 Å². The Morgan fingerprint density at radius 2 is 1.18 bits per heavy atom. The van der Waals surface area contributed by atoms with Gasteiger partial charge < -0.3 is 4.74 Å². The number of rotatable bonds is 14. The summed E-state index contributed by atoms with van der Waals surface area (Å²) in [5.74, 6) is 0.976. The molecule has 0 saturated heterocycles. The van der Waals surface area contributed by atoms with E-state index in [4.69, 9.17) is 4.74 Å². The van der Waals surface area contributed by atoms with E-state index >= 15 is 0 Å². The highest BCUT2D eigenvalue weighted by atomic mass is 32.1. The van der Waals surface area contributed by atoms with Gasteiger partial charge in [0.25, 0.3) is 0 Å². The van der Waals surface area contributed by atoms with Gasteiger partial charge in [-0.1, -0.05) is 102 Å². The monoisotopic (exact) mass is 490 g/mol. The highest BCUT2D eigenvalue weighted by molar-refractivity contribution is 7.29. The quantitative estimate of drug-likeness (QED) is 0.160. The molecule has 0 N–H and O–H groups in total. The minimum atomic E-state index is 0.821. The van der Waals surface area contributed by atoms with E-state index in [1.54, 1.807) is 0 Å². The number of hydrogen-bond donors (Lipinski definition) is 0. The predicted molar refractivity (Wildman–Crippen MR) is 153 cm³/mol. The van der Waals surface area contributed by atoms with Crippen molar-refractivity contribution < 1.29 is 4.74 Å². The van der Waals surface area contributed by atoms with E-state index in [9.17, 15) is 0 Å². The van der Waals surface area contributed by atoms with Gasteiger partial charge in [-0.25, -0.2) is 0 Å². The van der Waals surface area contributed by atoms with Crippen molar-refractivity contribution >= 4 is 32.1 Å². The molecule has 34 heavy (non-hydrogen) atoms. The third-order valence-corrected chi connectivity index (χ3v) is 8.78. The van der Waals surface area contributed by atoms with Crippen molar-refractivity contribution in [2.45, 2.75) is 78.1 Å². The van der Waals surface area contributed by atoms with Crippen LogP contribution in [0, 0.1) is 0 Å². The van der Waals surface area contributed by atoms with Crippen molar-refractivity contribution in [3.05, 3.63) is 65.5 Å². The molecule has 0 radical (unpaired) electrons. The Bertz CT molecular complexity index is 1090. The van der Waals surface area contributed by atoms with Crippen LogP contribution in [0.3, 0.4) is 0 Å². The first-order valence-corrected chi connectivity index (χ1v) is 14.8. The van der Waals surface area contributed by atoms with E-state index in [0.29, 0.717) is 0 Å². The van der Waals surface area contributed by atoms with Crippen LogP contribution in [0.5, 0.6) is 5.75 Å². The van der Waals surface area contributed by atoms with Crippen LogP contribution in [0.15, 0.2) is 60.7 Å². The lowest BCUT2D eigenvalue weighted by molar-refractivity contribution is 0.304. The number of ether oxygens (including phenoxy) is 1. The highest BCUT2D eigenvalue weighted by Gasteiger charge is 2.09. The molecule has 0 aliphatic rings. The SMILES string of the molecule is CCCCCCCCCCOc1ccc(-c2ccc(-c3cc4sc(CCC)cc4s3)cc2)cc1. The normalized spacial score (nSPS) is 11.4. The van der Waals surface area contributed by atoms with Gasteiger partial charge in [0.05, 0.1) is 6.61 Å². The zero-order valence-corrected chi connectivity index (χ0v) is 22.4. The van der Waals surface area contributed by atoms with Crippen LogP contribution in [-0.4, -0.2) is 6.61 Å². The lowest BCUT2D eigenvalue weighted by atomic mass is 10.0. The van der Waals surface area contributed by atoms with Gasteiger partial charge in [0.15, 0.2) is 0 Å². The van der Waals surface area contributed by atoms with Gasteiger partial charge >= 0.3 is 0 Å². The second-order valence-corrected chi connectivity index (χ2v) is 11.5. The van der Waals surface area contributed by atoms with Crippen LogP contribution < -0.4 is 4.74 Å². The van der Waals surface area contributed by atoms with E-state index in [-0.39, 0.29) is 0 Å². The first-order valence-electron chi connectivity index (χ1n) is 13.1. The van der Waals surface area contributed by atoms with Crippen LogP contribution in [0.25, 0.3) is 31.0 Å². The van der Waals surface area contributed by atoms with E-state index in [1.165, 1.54) is 93.6 Å². The Kier molecular flexibility index (Phi) is 9.64. The van der Waals surface area contributed by atoms with Gasteiger partial charge in [-0.2, -0.15) is 0 Å². The zero-order chi connectivity index (χ0) is 23.6. The molecule has 0 amide bonds. The van der Waals surface area contributed by atoms with Crippen LogP contribution in [-0.2, 0) is 6.42 Å². The Morgan fingerprint density at radius 3 is 1.82 bits per heavy atom. The Hall–Kier alpha value is -2.10. The maximum atomic E-state index is 5.97. The number of thiophene rings is 2. The van der Waals surface area contributed by atoms with Gasteiger partial charge in [-0.05, 0) is 53.8 Å². The smallest absolute Gasteiger partial charge is 0.119 e. The van der Waals surface area contributed by atoms with Crippen LogP contribution >= 0.6 is 22.7 Å². The van der Waals surface area contributed by atoms with E-state index in [1.807, 2.05) is 22.7 Å². The van der Waals surface area contributed by atoms with Crippen LogP contribution in [0.1, 0.15) is 76.5 Å². The number of hydrogen-bond acceptors (Lipinski definition) is 3. The van der Waals surface area contributed by atoms with Gasteiger partial charge in [-0.3, -0.25) is 0 Å². The lowest BCUT2D eigenvalue weighted by Crippen LogP contribution is -1.97. The van der Waals surface area contributed by atoms with Gasteiger partial charge in [-0.15, -0.1) is 22.7 Å². The van der Waals surface area contributed by atoms with Crippen molar-refractivity contribution in [1.29, 1.82) is 0 Å². The molecule has 0 spiro atoms. The molecular formula is C31H38OS2. The number of aryl methyl sites for hydroxylation is 1. The average molecular weight is 491 g/mol. The number of fused-ring (bicyclic) bond motifs is 1. The summed E-state index contributed by atoms with van der Waals surface area (Å²) in [6.07, 6.45) is 13.0. The van der Waals surface area contributed by atoms with Crippen molar-refractivity contribution in [3.8, 4) is 27.3 Å². The summed E-state index contributed by atoms with van der Waals surface area (Å²) in [6, 6.07) is 22.3. The summed E-state index contributed by atoms with van der Waals surface area (Å²) in [6.45, 7) is 5.34. The second-order valence-electron chi connectivity index (χ2n) is 9.23. The summed E-state index contributed by atoms with van der Waals surface area (Å²) < 4.78 is 8.82. The van der Waals surface area contributed by atoms with Crippen molar-refractivity contribution in [3.63, 3.8) is 0 Å². The standard InChI is InChI=1S/C31H38OS2/c1-3-5-6-7-8-9-10-11-21-32-27-19-17-25(18-20-27)24-13-15-26(16-14-24)29-23-31-30(34-29)22-28(33-31)12-4-2/h13-20,22-23H,3-12,21H2,1-2H3. The fourth-order valence-corrected chi connectivity index (χ4v) is 6.92. The molecule has 180 valence electrons. The Labute approximate surface area is 213 Å². The maximum Gasteiger partial charge on any atom is 0.119 e. The summed E-state index contributed by atoms with van der Waals surface area (Å²) >= 11 is 3.86. The van der Waals surface area contributed by atoms with Gasteiger partial charge in [0, 0.05) is 19.2 Å². The molecule has 0 aliphatic carbocycles. The minimum Gasteiger partial charge on any atom is -0.494 e. The van der Waals surface area contributed by atoms with E-state index in [0.717, 1.165) is 18.8 Å². The molecule has 4 rings (SSSR count). The number of unbranched alkanes of at least 4 members (excludes halogenated alkanes) is 7. The molecule has 0 bridgehead atoms. The topological polar surface area (TPSA) is 9.23 Å². The molecular weight excluding hydrogens is 452 g/mol. The lowest BCUT2D eigenvalue weighted by Gasteiger charge is -2.08. The highest BCUT2D eigenvalue weighted by Crippen LogP contribution is 2.39. The summed E-state index contributed by atoms with van der Waals surface area (Å²) in [4.78, 5) is 2.87. The Balaban J connectivity index is 1.25. The van der Waals surface area contributed by atoms with E-state index in [2.05, 4.69) is 74.5 Å². The summed E-state index contributed by atoms with van der Waals surface area (Å²) in [5.41, 5.74) is 3.80. The summed E-state index contributed by atoms with van der Waals surface area (Å²) in [5, 5.41) is 0. The maximum absolute atomic E-state index is 5.97.